The minimum atomic E-state index is -0.762. The second-order valence-corrected chi connectivity index (χ2v) is 5.87. The minimum absolute atomic E-state index is 0.00391. The number of rotatable bonds is 4. The standard InChI is InChI=1S/C15H25N3O5/c1-22-10-13(19)18-8-7-17(9-12(18)15(21)23-2)14(20)11-3-5-16-6-4-11/h11-12,16H,3-10H2,1-2H3/t12-/m0/s1. The molecule has 2 saturated heterocycles. The number of piperidine rings is 1. The molecule has 23 heavy (non-hydrogen) atoms. The molecule has 0 radical (unpaired) electrons. The van der Waals surface area contributed by atoms with Crippen LogP contribution in [0.5, 0.6) is 0 Å². The average molecular weight is 327 g/mol. The van der Waals surface area contributed by atoms with E-state index in [0.717, 1.165) is 25.9 Å². The number of ether oxygens (including phenoxy) is 2. The fourth-order valence-electron chi connectivity index (χ4n) is 3.15. The number of nitrogens with one attached hydrogen (secondary N) is 1. The van der Waals surface area contributed by atoms with Crippen LogP contribution in [0, 0.1) is 5.92 Å². The van der Waals surface area contributed by atoms with Gasteiger partial charge in [0.15, 0.2) is 0 Å². The average Bonchev–Trinajstić information content (AvgIpc) is 2.60. The fourth-order valence-corrected chi connectivity index (χ4v) is 3.15. The van der Waals surface area contributed by atoms with Crippen molar-refractivity contribution in [3.8, 4) is 0 Å². The zero-order valence-electron chi connectivity index (χ0n) is 13.7. The molecule has 1 N–H and O–H groups in total. The third kappa shape index (κ3) is 4.20. The molecule has 8 heteroatoms. The van der Waals surface area contributed by atoms with Crippen LogP contribution in [0.2, 0.25) is 0 Å². The summed E-state index contributed by atoms with van der Waals surface area (Å²) in [6.45, 7) is 2.53. The van der Waals surface area contributed by atoms with Gasteiger partial charge in [0, 0.05) is 26.1 Å². The van der Waals surface area contributed by atoms with E-state index in [9.17, 15) is 14.4 Å². The highest BCUT2D eigenvalue weighted by atomic mass is 16.5. The number of hydrogen-bond donors (Lipinski definition) is 1. The molecule has 2 amide bonds. The van der Waals surface area contributed by atoms with Crippen LogP contribution in [0.1, 0.15) is 12.8 Å². The van der Waals surface area contributed by atoms with Gasteiger partial charge in [-0.2, -0.15) is 0 Å². The molecule has 0 aliphatic carbocycles. The maximum absolute atomic E-state index is 12.6. The first-order valence-electron chi connectivity index (χ1n) is 7.94. The lowest BCUT2D eigenvalue weighted by Gasteiger charge is -2.41. The Labute approximate surface area is 136 Å². The van der Waals surface area contributed by atoms with Gasteiger partial charge in [0.1, 0.15) is 12.6 Å². The first kappa shape index (κ1) is 17.7. The largest absolute Gasteiger partial charge is 0.467 e. The normalized spacial score (nSPS) is 22.8. The van der Waals surface area contributed by atoms with Crippen LogP contribution >= 0.6 is 0 Å². The van der Waals surface area contributed by atoms with Crippen molar-refractivity contribution in [3.63, 3.8) is 0 Å². The smallest absolute Gasteiger partial charge is 0.330 e. The molecule has 2 fully saturated rings. The maximum Gasteiger partial charge on any atom is 0.330 e. The van der Waals surface area contributed by atoms with Crippen molar-refractivity contribution in [2.75, 3.05) is 53.6 Å². The van der Waals surface area contributed by atoms with Gasteiger partial charge in [-0.05, 0) is 25.9 Å². The molecule has 2 heterocycles. The van der Waals surface area contributed by atoms with Crippen LogP contribution in [0.3, 0.4) is 0 Å². The number of methoxy groups -OCH3 is 2. The Morgan fingerprint density at radius 1 is 1.13 bits per heavy atom. The maximum atomic E-state index is 12.6. The molecule has 0 spiro atoms. The molecular formula is C15H25N3O5. The molecule has 0 aromatic carbocycles. The van der Waals surface area contributed by atoms with Crippen LogP contribution in [0.15, 0.2) is 0 Å². The van der Waals surface area contributed by atoms with Crippen LogP contribution in [-0.2, 0) is 23.9 Å². The lowest BCUT2D eigenvalue weighted by Crippen LogP contribution is -2.61. The van der Waals surface area contributed by atoms with Crippen molar-refractivity contribution >= 4 is 17.8 Å². The van der Waals surface area contributed by atoms with Crippen molar-refractivity contribution in [2.24, 2.45) is 5.92 Å². The summed E-state index contributed by atoms with van der Waals surface area (Å²) >= 11 is 0. The highest BCUT2D eigenvalue weighted by molar-refractivity contribution is 5.87. The third-order valence-electron chi connectivity index (χ3n) is 4.44. The molecule has 1 atom stereocenters. The van der Waals surface area contributed by atoms with E-state index >= 15 is 0 Å². The van der Waals surface area contributed by atoms with Crippen molar-refractivity contribution < 1.29 is 23.9 Å². The molecule has 2 rings (SSSR count). The number of nitrogens with zero attached hydrogens (tertiary/aromatic N) is 2. The molecule has 130 valence electrons. The number of amides is 2. The topological polar surface area (TPSA) is 88.2 Å². The molecule has 8 nitrogen and oxygen atoms in total. The molecular weight excluding hydrogens is 302 g/mol. The van der Waals surface area contributed by atoms with Gasteiger partial charge in [-0.3, -0.25) is 9.59 Å². The molecule has 0 aromatic heterocycles. The van der Waals surface area contributed by atoms with Crippen molar-refractivity contribution in [2.45, 2.75) is 18.9 Å². The summed E-state index contributed by atoms with van der Waals surface area (Å²) in [7, 11) is 2.72. The van der Waals surface area contributed by atoms with Crippen molar-refractivity contribution in [1.82, 2.24) is 15.1 Å². The number of esters is 1. The summed E-state index contributed by atoms with van der Waals surface area (Å²) in [5.41, 5.74) is 0. The summed E-state index contributed by atoms with van der Waals surface area (Å²) in [6, 6.07) is -0.762. The van der Waals surface area contributed by atoms with Crippen molar-refractivity contribution in [1.29, 1.82) is 0 Å². The van der Waals surface area contributed by atoms with E-state index in [1.54, 1.807) is 4.90 Å². The van der Waals surface area contributed by atoms with Gasteiger partial charge in [0.25, 0.3) is 0 Å². The molecule has 0 bridgehead atoms. The molecule has 2 aliphatic rings. The van der Waals surface area contributed by atoms with Crippen molar-refractivity contribution in [3.05, 3.63) is 0 Å². The summed E-state index contributed by atoms with van der Waals surface area (Å²) in [5.74, 6) is -0.704. The lowest BCUT2D eigenvalue weighted by atomic mass is 9.96. The predicted octanol–water partition coefficient (Wildman–Crippen LogP) is -1.16. The van der Waals surface area contributed by atoms with Crippen LogP contribution in [-0.4, -0.2) is 87.2 Å². The highest BCUT2D eigenvalue weighted by Crippen LogP contribution is 2.19. The van der Waals surface area contributed by atoms with E-state index in [4.69, 9.17) is 9.47 Å². The van der Waals surface area contributed by atoms with Gasteiger partial charge < -0.3 is 24.6 Å². The lowest BCUT2D eigenvalue weighted by molar-refractivity contribution is -0.160. The van der Waals surface area contributed by atoms with Crippen LogP contribution in [0.4, 0.5) is 0 Å². The number of carbonyl (C=O) groups excluding carboxylic acids is 3. The Kier molecular flexibility index (Phi) is 6.35. The molecule has 0 aromatic rings. The van der Waals surface area contributed by atoms with Crippen LogP contribution < -0.4 is 5.32 Å². The van der Waals surface area contributed by atoms with Gasteiger partial charge in [0.2, 0.25) is 11.8 Å². The van der Waals surface area contributed by atoms with Gasteiger partial charge in [-0.1, -0.05) is 0 Å². The SMILES string of the molecule is COCC(=O)N1CCN(C(=O)C2CCNCC2)C[C@H]1C(=O)OC. The Morgan fingerprint density at radius 3 is 2.43 bits per heavy atom. The fraction of sp³-hybridized carbons (Fsp3) is 0.800. The first-order valence-corrected chi connectivity index (χ1v) is 7.94. The van der Waals surface area contributed by atoms with E-state index in [-0.39, 0.29) is 30.9 Å². The Bertz CT molecular complexity index is 450. The monoisotopic (exact) mass is 327 g/mol. The van der Waals surface area contributed by atoms with E-state index in [1.165, 1.54) is 19.1 Å². The quantitative estimate of drug-likeness (QED) is 0.656. The van der Waals surface area contributed by atoms with E-state index in [1.807, 2.05) is 0 Å². The second kappa shape index (κ2) is 8.26. The van der Waals surface area contributed by atoms with Crippen LogP contribution in [0.25, 0.3) is 0 Å². The van der Waals surface area contributed by atoms with Gasteiger partial charge in [-0.15, -0.1) is 0 Å². The van der Waals surface area contributed by atoms with Gasteiger partial charge in [0.05, 0.1) is 13.7 Å². The highest BCUT2D eigenvalue weighted by Gasteiger charge is 2.39. The molecule has 2 aliphatic heterocycles. The summed E-state index contributed by atoms with van der Waals surface area (Å²) in [5, 5.41) is 3.23. The zero-order chi connectivity index (χ0) is 16.8. The second-order valence-electron chi connectivity index (χ2n) is 5.87. The summed E-state index contributed by atoms with van der Waals surface area (Å²) in [4.78, 5) is 39.9. The summed E-state index contributed by atoms with van der Waals surface area (Å²) in [6.07, 6.45) is 1.62. The van der Waals surface area contributed by atoms with Gasteiger partial charge >= 0.3 is 5.97 Å². The summed E-state index contributed by atoms with van der Waals surface area (Å²) < 4.78 is 9.66. The third-order valence-corrected chi connectivity index (χ3v) is 4.44. The van der Waals surface area contributed by atoms with E-state index in [2.05, 4.69) is 5.32 Å². The molecule has 0 saturated carbocycles. The number of hydrogen-bond acceptors (Lipinski definition) is 6. The zero-order valence-corrected chi connectivity index (χ0v) is 13.7. The number of piperazine rings is 1. The Morgan fingerprint density at radius 2 is 1.83 bits per heavy atom. The van der Waals surface area contributed by atoms with Gasteiger partial charge in [-0.25, -0.2) is 4.79 Å². The number of carbonyl (C=O) groups is 3. The Hall–Kier alpha value is -1.67. The Balaban J connectivity index is 2.04. The van der Waals surface area contributed by atoms with E-state index in [0.29, 0.717) is 13.1 Å². The minimum Gasteiger partial charge on any atom is -0.467 e. The van der Waals surface area contributed by atoms with E-state index < -0.39 is 12.0 Å². The predicted molar refractivity (Wildman–Crippen MR) is 81.6 cm³/mol. The first-order chi connectivity index (χ1) is 11.1. The molecule has 0 unspecified atom stereocenters.